The SMILES string of the molecule is COc1ccc(/C(=C(/c2ccccc2)c2ccc(C(=C(C#N)C#N)C3CC=CS3)cc2)c2ccc(O)cc2)cc1. The zero-order valence-corrected chi connectivity index (χ0v) is 22.7. The third kappa shape index (κ3) is 5.57. The third-order valence-electron chi connectivity index (χ3n) is 6.84. The van der Waals surface area contributed by atoms with E-state index in [1.54, 1.807) is 31.0 Å². The molecule has 5 rings (SSSR count). The van der Waals surface area contributed by atoms with Crippen molar-refractivity contribution >= 4 is 28.5 Å². The highest BCUT2D eigenvalue weighted by molar-refractivity contribution is 8.03. The van der Waals surface area contributed by atoms with Gasteiger partial charge >= 0.3 is 0 Å². The molecule has 1 unspecified atom stereocenters. The molecule has 0 saturated carbocycles. The Morgan fingerprint density at radius 1 is 0.725 bits per heavy atom. The minimum Gasteiger partial charge on any atom is -0.508 e. The van der Waals surface area contributed by atoms with Crippen molar-refractivity contribution in [3.8, 4) is 23.6 Å². The highest BCUT2D eigenvalue weighted by atomic mass is 32.2. The summed E-state index contributed by atoms with van der Waals surface area (Å²) in [5.41, 5.74) is 7.79. The Morgan fingerprint density at radius 2 is 1.23 bits per heavy atom. The molecule has 1 heterocycles. The van der Waals surface area contributed by atoms with E-state index in [2.05, 4.69) is 42.5 Å². The molecule has 0 amide bonds. The smallest absolute Gasteiger partial charge is 0.134 e. The Balaban J connectivity index is 1.74. The minimum atomic E-state index is 0.0381. The highest BCUT2D eigenvalue weighted by Crippen LogP contribution is 2.40. The van der Waals surface area contributed by atoms with Gasteiger partial charge in [-0.2, -0.15) is 10.5 Å². The second-order valence-corrected chi connectivity index (χ2v) is 10.3. The molecule has 0 bridgehead atoms. The number of nitrogens with zero attached hydrogens (tertiary/aromatic N) is 2. The van der Waals surface area contributed by atoms with Gasteiger partial charge in [0.2, 0.25) is 0 Å². The number of ether oxygens (including phenoxy) is 1. The van der Waals surface area contributed by atoms with Gasteiger partial charge < -0.3 is 9.84 Å². The van der Waals surface area contributed by atoms with Gasteiger partial charge in [-0.15, -0.1) is 11.8 Å². The van der Waals surface area contributed by atoms with Gasteiger partial charge in [-0.25, -0.2) is 0 Å². The fourth-order valence-electron chi connectivity index (χ4n) is 4.93. The standard InChI is InChI=1S/C35H26N2O2S/c1-39-31-19-15-28(16-20-31)35(27-13-17-30(38)18-14-27)34(24-6-3-2-4-7-24)26-11-9-25(10-12-26)33(29(22-36)23-37)32-8-5-21-40-32/h2-7,9-21,32,38H,8H2,1H3/b35-34-. The first-order chi connectivity index (χ1) is 19.6. The van der Waals surface area contributed by atoms with E-state index in [4.69, 9.17) is 4.74 Å². The third-order valence-corrected chi connectivity index (χ3v) is 7.94. The molecule has 1 aliphatic rings. The fraction of sp³-hybridized carbons (Fsp3) is 0.0857. The summed E-state index contributed by atoms with van der Waals surface area (Å²) in [5.74, 6) is 0.969. The van der Waals surface area contributed by atoms with E-state index < -0.39 is 0 Å². The average Bonchev–Trinajstić information content (AvgIpc) is 3.54. The fourth-order valence-corrected chi connectivity index (χ4v) is 5.95. The van der Waals surface area contributed by atoms with Crippen molar-refractivity contribution in [2.45, 2.75) is 11.7 Å². The topological polar surface area (TPSA) is 77.0 Å². The van der Waals surface area contributed by atoms with E-state index in [-0.39, 0.29) is 16.6 Å². The maximum atomic E-state index is 10.0. The maximum absolute atomic E-state index is 10.0. The predicted molar refractivity (Wildman–Crippen MR) is 162 cm³/mol. The van der Waals surface area contributed by atoms with E-state index in [1.165, 1.54) is 0 Å². The number of thioether (sulfide) groups is 1. The molecule has 0 aromatic heterocycles. The van der Waals surface area contributed by atoms with Gasteiger partial charge in [0.25, 0.3) is 0 Å². The summed E-state index contributed by atoms with van der Waals surface area (Å²) >= 11 is 1.63. The van der Waals surface area contributed by atoms with E-state index in [1.807, 2.05) is 72.1 Å². The summed E-state index contributed by atoms with van der Waals surface area (Å²) in [6.07, 6.45) is 2.86. The molecule has 0 radical (unpaired) electrons. The van der Waals surface area contributed by atoms with E-state index in [0.717, 1.165) is 56.7 Å². The van der Waals surface area contributed by atoms with Crippen molar-refractivity contribution < 1.29 is 9.84 Å². The molecule has 4 nitrogen and oxygen atoms in total. The summed E-state index contributed by atoms with van der Waals surface area (Å²) in [6, 6.07) is 37.7. The monoisotopic (exact) mass is 538 g/mol. The molecule has 4 aromatic rings. The normalized spacial score (nSPS) is 14.5. The van der Waals surface area contributed by atoms with Crippen molar-refractivity contribution in [2.24, 2.45) is 0 Å². The molecule has 5 heteroatoms. The molecule has 0 spiro atoms. The van der Waals surface area contributed by atoms with Gasteiger partial charge in [-0.3, -0.25) is 0 Å². The molecule has 194 valence electrons. The van der Waals surface area contributed by atoms with E-state index in [0.29, 0.717) is 0 Å². The van der Waals surface area contributed by atoms with Crippen LogP contribution in [-0.2, 0) is 0 Å². The van der Waals surface area contributed by atoms with E-state index >= 15 is 0 Å². The Labute approximate surface area is 238 Å². The van der Waals surface area contributed by atoms with Gasteiger partial charge in [-0.05, 0) is 75.1 Å². The first-order valence-corrected chi connectivity index (χ1v) is 13.8. The Hall–Kier alpha value is -4.97. The molecule has 0 fully saturated rings. The van der Waals surface area contributed by atoms with Gasteiger partial charge in [0.1, 0.15) is 29.2 Å². The summed E-state index contributed by atoms with van der Waals surface area (Å²) in [6.45, 7) is 0. The van der Waals surface area contributed by atoms with Crippen molar-refractivity contribution in [1.29, 1.82) is 10.5 Å². The lowest BCUT2D eigenvalue weighted by Crippen LogP contribution is -2.05. The summed E-state index contributed by atoms with van der Waals surface area (Å²) in [7, 11) is 1.65. The van der Waals surface area contributed by atoms with Gasteiger partial charge in [0.15, 0.2) is 0 Å². The number of benzene rings is 4. The first-order valence-electron chi connectivity index (χ1n) is 12.8. The molecule has 1 aliphatic heterocycles. The lowest BCUT2D eigenvalue weighted by Gasteiger charge is -2.20. The number of allylic oxidation sites excluding steroid dienone is 2. The van der Waals surface area contributed by atoms with Crippen LogP contribution in [0.4, 0.5) is 0 Å². The predicted octanol–water partition coefficient (Wildman–Crippen LogP) is 8.23. The molecular weight excluding hydrogens is 512 g/mol. The number of hydrogen-bond donors (Lipinski definition) is 1. The Bertz CT molecular complexity index is 1650. The number of hydrogen-bond acceptors (Lipinski definition) is 5. The zero-order valence-electron chi connectivity index (χ0n) is 21.9. The zero-order chi connectivity index (χ0) is 27.9. The van der Waals surface area contributed by atoms with Crippen molar-refractivity contribution in [1.82, 2.24) is 0 Å². The minimum absolute atomic E-state index is 0.0381. The number of phenolic OH excluding ortho intramolecular Hbond substituents is 1. The summed E-state index contributed by atoms with van der Waals surface area (Å²) in [5, 5.41) is 31.5. The van der Waals surface area contributed by atoms with Crippen LogP contribution < -0.4 is 4.74 Å². The maximum Gasteiger partial charge on any atom is 0.134 e. The van der Waals surface area contributed by atoms with Gasteiger partial charge in [-0.1, -0.05) is 84.9 Å². The van der Waals surface area contributed by atoms with Gasteiger partial charge in [0, 0.05) is 10.8 Å². The van der Waals surface area contributed by atoms with Gasteiger partial charge in [0.05, 0.1) is 7.11 Å². The van der Waals surface area contributed by atoms with Crippen molar-refractivity contribution in [3.05, 3.63) is 148 Å². The molecule has 1 atom stereocenters. The number of rotatable bonds is 7. The lowest BCUT2D eigenvalue weighted by atomic mass is 9.85. The summed E-state index contributed by atoms with van der Waals surface area (Å²) in [4.78, 5) is 0. The van der Waals surface area contributed by atoms with Crippen LogP contribution in [0.25, 0.3) is 16.7 Å². The summed E-state index contributed by atoms with van der Waals surface area (Å²) < 4.78 is 5.41. The van der Waals surface area contributed by atoms with E-state index in [9.17, 15) is 15.6 Å². The van der Waals surface area contributed by atoms with Crippen LogP contribution >= 0.6 is 11.8 Å². The van der Waals surface area contributed by atoms with Crippen molar-refractivity contribution in [2.75, 3.05) is 7.11 Å². The van der Waals surface area contributed by atoms with Crippen molar-refractivity contribution in [3.63, 3.8) is 0 Å². The average molecular weight is 539 g/mol. The first kappa shape index (κ1) is 26.6. The van der Waals surface area contributed by atoms with Crippen LogP contribution in [0.5, 0.6) is 11.5 Å². The number of phenols is 1. The second-order valence-electron chi connectivity index (χ2n) is 9.21. The number of aromatic hydroxyl groups is 1. The van der Waals surface area contributed by atoms with Crippen LogP contribution in [-0.4, -0.2) is 17.5 Å². The molecular formula is C35H26N2O2S. The van der Waals surface area contributed by atoms with Crippen LogP contribution in [0.2, 0.25) is 0 Å². The molecule has 1 N–H and O–H groups in total. The molecule has 0 aliphatic carbocycles. The quantitative estimate of drug-likeness (QED) is 0.189. The van der Waals surface area contributed by atoms with Crippen LogP contribution in [0, 0.1) is 22.7 Å². The number of methoxy groups -OCH3 is 1. The Kier molecular flexibility index (Phi) is 8.16. The molecule has 0 saturated heterocycles. The number of nitriles is 2. The largest absolute Gasteiger partial charge is 0.508 e. The van der Waals surface area contributed by atoms with Crippen LogP contribution in [0.3, 0.4) is 0 Å². The lowest BCUT2D eigenvalue weighted by molar-refractivity contribution is 0.415. The Morgan fingerprint density at radius 3 is 1.73 bits per heavy atom. The molecule has 4 aromatic carbocycles. The second kappa shape index (κ2) is 12.3. The van der Waals surface area contributed by atoms with Crippen LogP contribution in [0.15, 0.2) is 120 Å². The highest BCUT2D eigenvalue weighted by Gasteiger charge is 2.23. The van der Waals surface area contributed by atoms with Crippen LogP contribution in [0.1, 0.15) is 34.2 Å². The molecule has 40 heavy (non-hydrogen) atoms.